The fourth-order valence-electron chi connectivity index (χ4n) is 5.23. The van der Waals surface area contributed by atoms with E-state index in [9.17, 15) is 5.11 Å². The molecule has 1 fully saturated rings. The van der Waals surface area contributed by atoms with Crippen molar-refractivity contribution in [2.24, 2.45) is 11.8 Å². The van der Waals surface area contributed by atoms with Crippen LogP contribution in [0, 0.1) is 11.8 Å². The minimum atomic E-state index is -2.54. The van der Waals surface area contributed by atoms with E-state index in [2.05, 4.69) is 61.0 Å². The zero-order valence-corrected chi connectivity index (χ0v) is 34.7. The molecule has 2 rings (SSSR count). The van der Waals surface area contributed by atoms with Crippen LogP contribution in [0.1, 0.15) is 45.1 Å². The van der Waals surface area contributed by atoms with Crippen molar-refractivity contribution < 1.29 is 24.1 Å². The predicted molar refractivity (Wildman–Crippen MR) is 199 cm³/mol. The van der Waals surface area contributed by atoms with Crippen LogP contribution in [0.3, 0.4) is 0 Å². The second kappa shape index (κ2) is 19.8. The van der Waals surface area contributed by atoms with Crippen molar-refractivity contribution in [2.75, 3.05) is 45.2 Å². The number of methoxy groups -OCH3 is 1. The zero-order valence-electron chi connectivity index (χ0n) is 29.2. The van der Waals surface area contributed by atoms with E-state index < -0.39 is 32.6 Å². The first-order valence-corrected chi connectivity index (χ1v) is 32.0. The van der Waals surface area contributed by atoms with E-state index in [1.54, 1.807) is 7.11 Å². The van der Waals surface area contributed by atoms with Gasteiger partial charge in [0.2, 0.25) is 0 Å². The van der Waals surface area contributed by atoms with Crippen molar-refractivity contribution in [3.63, 3.8) is 0 Å². The Morgan fingerprint density at radius 1 is 1.09 bits per heavy atom. The number of aliphatic hydroxyl groups is 1. The van der Waals surface area contributed by atoms with Crippen LogP contribution in [-0.2, 0) is 20.8 Å². The molecule has 0 spiro atoms. The summed E-state index contributed by atoms with van der Waals surface area (Å²) in [7, 11) is 0.620. The summed E-state index contributed by atoms with van der Waals surface area (Å²) in [6.45, 7) is 19.0. The molecule has 0 unspecified atom stereocenters. The summed E-state index contributed by atoms with van der Waals surface area (Å²) in [6, 6.07) is 9.19. The topological polar surface area (TPSA) is 57.2 Å². The molecule has 1 aromatic rings. The third-order valence-corrected chi connectivity index (χ3v) is 20.0. The van der Waals surface area contributed by atoms with Gasteiger partial charge in [0.1, 0.15) is 6.79 Å². The predicted octanol–water partition coefficient (Wildman–Crippen LogP) is 9.27. The Balaban J connectivity index is 1.99. The molecule has 1 heterocycles. The molecular weight excluding hydrogens is 711 g/mol. The molecule has 0 aliphatic carbocycles. The first-order chi connectivity index (χ1) is 20.7. The first-order valence-electron chi connectivity index (χ1n) is 16.3. The van der Waals surface area contributed by atoms with E-state index in [0.717, 1.165) is 48.7 Å². The summed E-state index contributed by atoms with van der Waals surface area (Å²) in [4.78, 5) is 7.19. The Morgan fingerprint density at radius 2 is 1.75 bits per heavy atom. The van der Waals surface area contributed by atoms with Crippen molar-refractivity contribution >= 4 is 50.0 Å². The van der Waals surface area contributed by atoms with E-state index in [1.165, 1.54) is 21.6 Å². The number of rotatable bonds is 21. The Bertz CT molecular complexity index is 1000. The summed E-state index contributed by atoms with van der Waals surface area (Å²) in [5.74, 6) is 3.47. The SMILES string of the molecule is C=[C]([C@H](COCc1ccc(OC)cc1)[C@H](O)C1(C[C@@H](C)CC/C=C(\C)COCOCC[Si](C)(C)C)SCCCS1)[Sn]([CH3])([CH3])[CH3]. The van der Waals surface area contributed by atoms with Crippen molar-refractivity contribution in [1.29, 1.82) is 0 Å². The van der Waals surface area contributed by atoms with Crippen molar-refractivity contribution in [3.8, 4) is 5.75 Å². The second-order valence-electron chi connectivity index (χ2n) is 14.7. The molecule has 0 bridgehead atoms. The molecule has 0 amide bonds. The van der Waals surface area contributed by atoms with Gasteiger partial charge in [-0.25, -0.2) is 0 Å². The van der Waals surface area contributed by atoms with E-state index in [0.29, 0.717) is 32.5 Å². The number of ether oxygens (including phenoxy) is 4. The van der Waals surface area contributed by atoms with Crippen LogP contribution in [0.25, 0.3) is 0 Å². The molecule has 1 saturated heterocycles. The number of benzene rings is 1. The van der Waals surface area contributed by atoms with Gasteiger partial charge in [0, 0.05) is 14.7 Å². The molecule has 252 valence electrons. The van der Waals surface area contributed by atoms with Crippen LogP contribution in [0.4, 0.5) is 0 Å². The third kappa shape index (κ3) is 14.9. The molecule has 9 heteroatoms. The summed E-state index contributed by atoms with van der Waals surface area (Å²) in [6.07, 6.45) is 6.12. The average Bonchev–Trinajstić information content (AvgIpc) is 2.96. The molecule has 5 nitrogen and oxygen atoms in total. The van der Waals surface area contributed by atoms with E-state index in [-0.39, 0.29) is 10.00 Å². The monoisotopic (exact) mass is 774 g/mol. The zero-order chi connectivity index (χ0) is 32.8. The van der Waals surface area contributed by atoms with Gasteiger partial charge in [-0.2, -0.15) is 0 Å². The van der Waals surface area contributed by atoms with Crippen LogP contribution in [0.2, 0.25) is 40.5 Å². The molecule has 44 heavy (non-hydrogen) atoms. The standard InChI is InChI=1S/C32H53O5S2Si.3CH3.Sn/c1-8-29(24-36-23-28-13-15-30(34-4)16-14-28)31(33)32(38-18-10-19-39-32)21-26(2)11-9-12-27(3)22-37-25-35-17-20-40(5,6)7;;;;/h12-16,26,29,31,33H,1,9-11,17-25H2,2-7H3;3*1H3;/b27-12+;;;;/t26-,29+,31-;;;;/m0..../s1. The summed E-state index contributed by atoms with van der Waals surface area (Å²) < 4.78 is 24.1. The summed E-state index contributed by atoms with van der Waals surface area (Å²) >= 11 is 1.41. The van der Waals surface area contributed by atoms with Crippen LogP contribution in [0.5, 0.6) is 5.75 Å². The number of thioether (sulfide) groups is 2. The van der Waals surface area contributed by atoms with Gasteiger partial charge in [-0.15, -0.1) is 0 Å². The Kier molecular flexibility index (Phi) is 18.1. The quantitative estimate of drug-likeness (QED) is 0.0579. The van der Waals surface area contributed by atoms with Gasteiger partial charge in [0.15, 0.2) is 0 Å². The Morgan fingerprint density at radius 3 is 2.34 bits per heavy atom. The average molecular weight is 774 g/mol. The van der Waals surface area contributed by atoms with Crippen molar-refractivity contribution in [3.05, 3.63) is 51.6 Å². The fourth-order valence-corrected chi connectivity index (χ4v) is 13.6. The molecule has 1 aliphatic rings. The van der Waals surface area contributed by atoms with Crippen molar-refractivity contribution in [2.45, 2.75) is 96.8 Å². The second-order valence-corrected chi connectivity index (χ2v) is 38.1. The summed E-state index contributed by atoms with van der Waals surface area (Å²) in [5, 5.41) is 12.2. The first kappa shape index (κ1) is 40.2. The Labute approximate surface area is 283 Å². The number of allylic oxidation sites excluding steroid dienone is 1. The maximum atomic E-state index is 12.2. The minimum absolute atomic E-state index is 0.0541. The van der Waals surface area contributed by atoms with Gasteiger partial charge >= 0.3 is 233 Å². The van der Waals surface area contributed by atoms with Gasteiger partial charge in [0.05, 0.1) is 0 Å². The molecule has 3 atom stereocenters. The molecule has 0 aromatic heterocycles. The van der Waals surface area contributed by atoms with Crippen LogP contribution in [0.15, 0.2) is 46.1 Å². The number of hydrogen-bond acceptors (Lipinski definition) is 7. The summed E-state index contributed by atoms with van der Waals surface area (Å²) in [5.41, 5.74) is 2.36. The van der Waals surface area contributed by atoms with E-state index in [4.69, 9.17) is 18.9 Å². The van der Waals surface area contributed by atoms with Gasteiger partial charge in [-0.3, -0.25) is 0 Å². The van der Waals surface area contributed by atoms with Crippen LogP contribution in [-0.4, -0.2) is 87.0 Å². The Hall–Kier alpha value is 0.0556. The molecule has 0 radical (unpaired) electrons. The van der Waals surface area contributed by atoms with Crippen LogP contribution >= 0.6 is 23.5 Å². The number of hydrogen-bond donors (Lipinski definition) is 1. The number of aliphatic hydroxyl groups excluding tert-OH is 1. The van der Waals surface area contributed by atoms with Gasteiger partial charge in [-0.05, 0) is 6.04 Å². The van der Waals surface area contributed by atoms with E-state index in [1.807, 2.05) is 47.8 Å². The maximum absolute atomic E-state index is 12.2. The molecule has 0 saturated carbocycles. The molecule has 1 aromatic carbocycles. The molecule has 1 N–H and O–H groups in total. The molecular formula is C35H62O5S2SiSn. The van der Waals surface area contributed by atoms with E-state index >= 15 is 0 Å². The van der Waals surface area contributed by atoms with Gasteiger partial charge < -0.3 is 4.74 Å². The van der Waals surface area contributed by atoms with Crippen LogP contribution < -0.4 is 4.74 Å². The van der Waals surface area contributed by atoms with Gasteiger partial charge in [-0.1, -0.05) is 19.6 Å². The molecule has 1 aliphatic heterocycles. The fraction of sp³-hybridized carbons (Fsp3) is 0.714. The van der Waals surface area contributed by atoms with Gasteiger partial charge in [0.25, 0.3) is 0 Å². The van der Waals surface area contributed by atoms with Crippen molar-refractivity contribution in [1.82, 2.24) is 0 Å². The third-order valence-electron chi connectivity index (χ3n) is 8.23. The normalized spacial score (nSPS) is 18.1.